The summed E-state index contributed by atoms with van der Waals surface area (Å²) in [6.07, 6.45) is 0. The lowest BCUT2D eigenvalue weighted by atomic mass is 10.1. The third-order valence-electron chi connectivity index (χ3n) is 2.12. The lowest BCUT2D eigenvalue weighted by Gasteiger charge is -2.15. The van der Waals surface area contributed by atoms with E-state index in [1.165, 1.54) is 7.05 Å². The van der Waals surface area contributed by atoms with Gasteiger partial charge in [-0.05, 0) is 11.1 Å². The Hall–Kier alpha value is -1.51. The van der Waals surface area contributed by atoms with Crippen LogP contribution in [0.4, 0.5) is 0 Å². The first-order valence-electron chi connectivity index (χ1n) is 4.91. The molecular formula is C8H14N4O4S. The average Bonchev–Trinajstić information content (AvgIpc) is 2.47. The summed E-state index contributed by atoms with van der Waals surface area (Å²) < 4.78 is 23.8. The highest BCUT2D eigenvalue weighted by Gasteiger charge is 2.36. The van der Waals surface area contributed by atoms with Gasteiger partial charge in [0.25, 0.3) is 0 Å². The van der Waals surface area contributed by atoms with Crippen molar-refractivity contribution in [2.45, 2.75) is 24.9 Å². The molecule has 1 N–H and O–H groups in total. The summed E-state index contributed by atoms with van der Waals surface area (Å²) in [6.45, 7) is 3.08. The normalized spacial score (nSPS) is 13.9. The standard InChI is InChI=1S/C8H14N4O4S/c1-5(2)7(8(13)14)17(15,16)4-6-9-11-12(3)10-6/h5,7H,4H2,1-3H3,(H,13,14). The molecule has 0 aliphatic rings. The number of aromatic nitrogens is 4. The van der Waals surface area contributed by atoms with Gasteiger partial charge in [-0.25, -0.2) is 8.42 Å². The zero-order chi connectivity index (χ0) is 13.2. The van der Waals surface area contributed by atoms with E-state index in [9.17, 15) is 13.2 Å². The Labute approximate surface area is 98.6 Å². The Morgan fingerprint density at radius 3 is 2.41 bits per heavy atom. The smallest absolute Gasteiger partial charge is 0.322 e. The van der Waals surface area contributed by atoms with Gasteiger partial charge in [0, 0.05) is 0 Å². The van der Waals surface area contributed by atoms with Gasteiger partial charge in [0.05, 0.1) is 7.05 Å². The van der Waals surface area contributed by atoms with Crippen LogP contribution in [-0.2, 0) is 27.4 Å². The number of aliphatic carboxylic acids is 1. The van der Waals surface area contributed by atoms with Crippen LogP contribution in [0.3, 0.4) is 0 Å². The Morgan fingerprint density at radius 1 is 1.47 bits per heavy atom. The fourth-order valence-corrected chi connectivity index (χ4v) is 3.30. The maximum atomic E-state index is 11.9. The quantitative estimate of drug-likeness (QED) is 0.741. The minimum absolute atomic E-state index is 0.000556. The SMILES string of the molecule is CC(C)C(C(=O)O)S(=O)(=O)Cc1nnn(C)n1. The number of hydrogen-bond donors (Lipinski definition) is 1. The second kappa shape index (κ2) is 4.78. The van der Waals surface area contributed by atoms with Crippen LogP contribution in [-0.4, -0.2) is 45.0 Å². The zero-order valence-corrected chi connectivity index (χ0v) is 10.5. The predicted octanol–water partition coefficient (Wildman–Crippen LogP) is -0.766. The van der Waals surface area contributed by atoms with Gasteiger partial charge >= 0.3 is 5.97 Å². The second-order valence-corrected chi connectivity index (χ2v) is 6.13. The van der Waals surface area contributed by atoms with Crippen molar-refractivity contribution in [1.29, 1.82) is 0 Å². The monoisotopic (exact) mass is 262 g/mol. The fraction of sp³-hybridized carbons (Fsp3) is 0.750. The van der Waals surface area contributed by atoms with Gasteiger partial charge in [-0.15, -0.1) is 10.2 Å². The Morgan fingerprint density at radius 2 is 2.06 bits per heavy atom. The molecule has 0 saturated heterocycles. The topological polar surface area (TPSA) is 115 Å². The van der Waals surface area contributed by atoms with Crippen molar-refractivity contribution in [2.24, 2.45) is 13.0 Å². The Kier molecular flexibility index (Phi) is 3.81. The average molecular weight is 262 g/mol. The van der Waals surface area contributed by atoms with Crippen molar-refractivity contribution in [3.05, 3.63) is 5.82 Å². The maximum Gasteiger partial charge on any atom is 0.322 e. The third-order valence-corrected chi connectivity index (χ3v) is 4.30. The molecule has 1 atom stereocenters. The van der Waals surface area contributed by atoms with Gasteiger partial charge in [-0.3, -0.25) is 4.79 Å². The number of tetrazole rings is 1. The van der Waals surface area contributed by atoms with E-state index in [0.29, 0.717) is 0 Å². The van der Waals surface area contributed by atoms with Gasteiger partial charge in [-0.2, -0.15) is 4.80 Å². The number of aryl methyl sites for hydroxylation is 1. The molecule has 17 heavy (non-hydrogen) atoms. The van der Waals surface area contributed by atoms with Crippen molar-refractivity contribution in [1.82, 2.24) is 20.2 Å². The molecule has 8 nitrogen and oxygen atoms in total. The Bertz CT molecular complexity index is 507. The van der Waals surface area contributed by atoms with Crippen molar-refractivity contribution < 1.29 is 18.3 Å². The van der Waals surface area contributed by atoms with Crippen molar-refractivity contribution in [3.8, 4) is 0 Å². The molecule has 1 heterocycles. The molecule has 0 fully saturated rings. The van der Waals surface area contributed by atoms with E-state index in [-0.39, 0.29) is 5.82 Å². The summed E-state index contributed by atoms with van der Waals surface area (Å²) in [4.78, 5) is 12.1. The molecular weight excluding hydrogens is 248 g/mol. The molecule has 0 amide bonds. The van der Waals surface area contributed by atoms with Gasteiger partial charge in [-0.1, -0.05) is 13.8 Å². The minimum atomic E-state index is -3.84. The number of carbonyl (C=O) groups is 1. The number of carboxylic acids is 1. The van der Waals surface area contributed by atoms with Crippen molar-refractivity contribution in [2.75, 3.05) is 0 Å². The van der Waals surface area contributed by atoms with E-state index in [4.69, 9.17) is 5.11 Å². The highest BCUT2D eigenvalue weighted by Crippen LogP contribution is 2.16. The molecule has 96 valence electrons. The Balaban J connectivity index is 2.98. The summed E-state index contributed by atoms with van der Waals surface area (Å²) in [5, 5.41) is 18.2. The van der Waals surface area contributed by atoms with Crippen LogP contribution in [0.5, 0.6) is 0 Å². The third kappa shape index (κ3) is 3.22. The first-order chi connectivity index (χ1) is 7.74. The molecule has 0 spiro atoms. The molecule has 9 heteroatoms. The lowest BCUT2D eigenvalue weighted by molar-refractivity contribution is -0.137. The molecule has 0 aromatic carbocycles. The number of nitrogens with zero attached hydrogens (tertiary/aromatic N) is 4. The molecule has 1 unspecified atom stereocenters. The van der Waals surface area contributed by atoms with Crippen LogP contribution in [0, 0.1) is 5.92 Å². The molecule has 0 aliphatic carbocycles. The molecule has 0 radical (unpaired) electrons. The van der Waals surface area contributed by atoms with Crippen molar-refractivity contribution in [3.63, 3.8) is 0 Å². The van der Waals surface area contributed by atoms with Crippen LogP contribution in [0.15, 0.2) is 0 Å². The summed E-state index contributed by atoms with van der Waals surface area (Å²) in [5.74, 6) is -2.40. The van der Waals surface area contributed by atoms with Crippen LogP contribution in [0.25, 0.3) is 0 Å². The number of carboxylic acid groups (broad SMARTS) is 1. The molecule has 0 saturated carbocycles. The van der Waals surface area contributed by atoms with E-state index in [0.717, 1.165) is 4.80 Å². The molecule has 1 aromatic rings. The van der Waals surface area contributed by atoms with Gasteiger partial charge in [0.1, 0.15) is 5.75 Å². The molecule has 1 aromatic heterocycles. The highest BCUT2D eigenvalue weighted by atomic mass is 32.2. The predicted molar refractivity (Wildman–Crippen MR) is 57.7 cm³/mol. The van der Waals surface area contributed by atoms with E-state index >= 15 is 0 Å². The summed E-state index contributed by atoms with van der Waals surface area (Å²) in [6, 6.07) is 0. The summed E-state index contributed by atoms with van der Waals surface area (Å²) in [7, 11) is -2.34. The molecule has 1 rings (SSSR count). The minimum Gasteiger partial charge on any atom is -0.480 e. The van der Waals surface area contributed by atoms with Crippen molar-refractivity contribution >= 4 is 15.8 Å². The first-order valence-corrected chi connectivity index (χ1v) is 6.63. The van der Waals surface area contributed by atoms with Crippen LogP contribution in [0.1, 0.15) is 19.7 Å². The highest BCUT2D eigenvalue weighted by molar-refractivity contribution is 7.92. The fourth-order valence-electron chi connectivity index (χ4n) is 1.50. The van der Waals surface area contributed by atoms with E-state index in [1.807, 2.05) is 0 Å². The van der Waals surface area contributed by atoms with Gasteiger partial charge in [0.2, 0.25) is 0 Å². The van der Waals surface area contributed by atoms with Crippen LogP contribution >= 0.6 is 0 Å². The zero-order valence-electron chi connectivity index (χ0n) is 9.73. The number of rotatable bonds is 5. The molecule has 0 bridgehead atoms. The van der Waals surface area contributed by atoms with Crippen LogP contribution < -0.4 is 0 Å². The van der Waals surface area contributed by atoms with Gasteiger partial charge in [0.15, 0.2) is 20.9 Å². The molecule has 0 aliphatic heterocycles. The van der Waals surface area contributed by atoms with E-state index < -0.39 is 32.7 Å². The summed E-state index contributed by atoms with van der Waals surface area (Å²) >= 11 is 0. The summed E-state index contributed by atoms with van der Waals surface area (Å²) in [5.41, 5.74) is 0. The van der Waals surface area contributed by atoms with Gasteiger partial charge < -0.3 is 5.11 Å². The maximum absolute atomic E-state index is 11.9. The van der Waals surface area contributed by atoms with E-state index in [2.05, 4.69) is 15.4 Å². The second-order valence-electron chi connectivity index (χ2n) is 4.01. The first kappa shape index (κ1) is 13.6. The van der Waals surface area contributed by atoms with Crippen LogP contribution in [0.2, 0.25) is 0 Å². The number of hydrogen-bond acceptors (Lipinski definition) is 6. The lowest BCUT2D eigenvalue weighted by Crippen LogP contribution is -2.36. The number of sulfone groups is 1. The largest absolute Gasteiger partial charge is 0.480 e. The van der Waals surface area contributed by atoms with E-state index in [1.54, 1.807) is 13.8 Å².